The van der Waals surface area contributed by atoms with E-state index in [0.717, 1.165) is 29.3 Å². The Balaban J connectivity index is 2.03. The number of anilines is 2. The van der Waals surface area contributed by atoms with Crippen LogP contribution in [0.3, 0.4) is 0 Å². The summed E-state index contributed by atoms with van der Waals surface area (Å²) in [5.74, 6) is -0.705. The van der Waals surface area contributed by atoms with Gasteiger partial charge in [0.15, 0.2) is 5.82 Å². The van der Waals surface area contributed by atoms with Crippen LogP contribution < -0.4 is 21.9 Å². The maximum atomic E-state index is 14.8. The predicted octanol–water partition coefficient (Wildman–Crippen LogP) is 4.76. The topological polar surface area (TPSA) is 126 Å². The van der Waals surface area contributed by atoms with Gasteiger partial charge in [-0.2, -0.15) is 0 Å². The van der Waals surface area contributed by atoms with E-state index in [4.69, 9.17) is 11.1 Å². The van der Waals surface area contributed by atoms with Crippen LogP contribution in [0, 0.1) is 18.2 Å². The number of nitrogens with zero attached hydrogens (tertiary/aromatic N) is 2. The highest BCUT2D eigenvalue weighted by Crippen LogP contribution is 2.33. The summed E-state index contributed by atoms with van der Waals surface area (Å²) in [6.45, 7) is 7.88. The number of halogens is 1. The van der Waals surface area contributed by atoms with Gasteiger partial charge in [-0.05, 0) is 48.6 Å². The third-order valence-corrected chi connectivity index (χ3v) is 6.90. The molecule has 184 valence electrons. The van der Waals surface area contributed by atoms with E-state index in [1.165, 1.54) is 28.2 Å². The maximum Gasteiger partial charge on any atom is 0.293 e. The third kappa shape index (κ3) is 5.32. The number of rotatable bonds is 8. The first-order valence-electron chi connectivity index (χ1n) is 11.1. The van der Waals surface area contributed by atoms with Crippen molar-refractivity contribution < 1.29 is 9.18 Å². The zero-order valence-corrected chi connectivity index (χ0v) is 21.1. The number of thiophene rings is 1. The van der Waals surface area contributed by atoms with Gasteiger partial charge in [0.2, 0.25) is 0 Å². The van der Waals surface area contributed by atoms with Crippen molar-refractivity contribution >= 4 is 35.0 Å². The average Bonchev–Trinajstić information content (AvgIpc) is 3.27. The van der Waals surface area contributed by atoms with Crippen molar-refractivity contribution in [2.45, 2.75) is 40.0 Å². The van der Waals surface area contributed by atoms with Gasteiger partial charge in [0.05, 0.1) is 22.0 Å². The van der Waals surface area contributed by atoms with Crippen LogP contribution in [0.15, 0.2) is 41.1 Å². The van der Waals surface area contributed by atoms with Crippen LogP contribution in [0.4, 0.5) is 15.9 Å². The highest BCUT2D eigenvalue weighted by atomic mass is 32.1. The second-order valence-corrected chi connectivity index (χ2v) is 9.47. The van der Waals surface area contributed by atoms with Gasteiger partial charge in [-0.25, -0.2) is 9.37 Å². The van der Waals surface area contributed by atoms with E-state index in [1.54, 1.807) is 20.0 Å². The summed E-state index contributed by atoms with van der Waals surface area (Å²) < 4.78 is 16.2. The molecule has 35 heavy (non-hydrogen) atoms. The van der Waals surface area contributed by atoms with Gasteiger partial charge in [0, 0.05) is 36.1 Å². The van der Waals surface area contributed by atoms with Crippen LogP contribution in [0.2, 0.25) is 0 Å². The van der Waals surface area contributed by atoms with Crippen molar-refractivity contribution in [2.24, 2.45) is 12.8 Å². The number of hydrogen-bond donors (Lipinski definition) is 4. The Labute approximate surface area is 207 Å². The van der Waals surface area contributed by atoms with Gasteiger partial charge < -0.3 is 26.3 Å². The van der Waals surface area contributed by atoms with Crippen LogP contribution in [-0.4, -0.2) is 21.7 Å². The summed E-state index contributed by atoms with van der Waals surface area (Å²) in [5, 5.41) is 12.8. The molecule has 0 unspecified atom stereocenters. The van der Waals surface area contributed by atoms with Gasteiger partial charge >= 0.3 is 0 Å². The molecule has 0 radical (unpaired) electrons. The van der Waals surface area contributed by atoms with Crippen molar-refractivity contribution in [2.75, 3.05) is 10.6 Å². The average molecular weight is 497 g/mol. The van der Waals surface area contributed by atoms with Gasteiger partial charge in [0.25, 0.3) is 11.5 Å². The lowest BCUT2D eigenvalue weighted by Crippen LogP contribution is -2.23. The summed E-state index contributed by atoms with van der Waals surface area (Å²) in [7, 11) is 1.56. The molecule has 8 nitrogen and oxygen atoms in total. The highest BCUT2D eigenvalue weighted by molar-refractivity contribution is 7.14. The van der Waals surface area contributed by atoms with Gasteiger partial charge in [0.1, 0.15) is 5.82 Å². The maximum absolute atomic E-state index is 14.8. The molecule has 0 aliphatic carbocycles. The first kappa shape index (κ1) is 25.8. The smallest absolute Gasteiger partial charge is 0.293 e. The summed E-state index contributed by atoms with van der Waals surface area (Å²) in [5.41, 5.74) is 7.80. The lowest BCUT2D eigenvalue weighted by atomic mass is 10.0. The molecular formula is C25H29FN6O2S. The Morgan fingerprint density at radius 3 is 2.63 bits per heavy atom. The fourth-order valence-electron chi connectivity index (χ4n) is 3.68. The van der Waals surface area contributed by atoms with E-state index in [2.05, 4.69) is 29.5 Å². The number of aromatic nitrogens is 2. The molecule has 0 spiro atoms. The molecule has 3 rings (SSSR count). The zero-order chi connectivity index (χ0) is 25.9. The van der Waals surface area contributed by atoms with Crippen molar-refractivity contribution in [1.29, 1.82) is 5.41 Å². The van der Waals surface area contributed by atoms with E-state index in [9.17, 15) is 14.0 Å². The predicted molar refractivity (Wildman–Crippen MR) is 140 cm³/mol. The van der Waals surface area contributed by atoms with E-state index in [0.29, 0.717) is 21.7 Å². The second kappa shape index (κ2) is 10.6. The van der Waals surface area contributed by atoms with E-state index >= 15 is 0 Å². The number of amides is 1. The quantitative estimate of drug-likeness (QED) is 0.335. The summed E-state index contributed by atoms with van der Waals surface area (Å²) >= 11 is 1.42. The molecule has 0 aliphatic rings. The monoisotopic (exact) mass is 496 g/mol. The molecular weight excluding hydrogens is 467 g/mol. The number of allylic oxidation sites excluding steroid dienone is 1. The molecule has 1 amide bonds. The minimum atomic E-state index is -0.573. The fourth-order valence-corrected chi connectivity index (χ4v) is 4.84. The minimum Gasteiger partial charge on any atom is -0.403 e. The van der Waals surface area contributed by atoms with E-state index in [-0.39, 0.29) is 29.0 Å². The fraction of sp³-hybridized carbons (Fsp3) is 0.280. The molecule has 0 aliphatic heterocycles. The standard InChI is InChI=1S/C25H29FN6O2S/c1-6-20-17(13(2)3)9-21(35-20)24(33)31-22-14(4)16(7-8-18(22)26)19-12-32(5)25(34)23(30-19)29-15(10-27)11-28/h7-13,27H,6,28H2,1-5H3,(H,29,30)(H,31,33)/b15-11+,27-10?. The van der Waals surface area contributed by atoms with E-state index < -0.39 is 11.4 Å². The summed E-state index contributed by atoms with van der Waals surface area (Å²) in [4.78, 5) is 31.6. The number of carbonyl (C=O) groups excluding carboxylic acids is 1. The molecule has 3 aromatic rings. The lowest BCUT2D eigenvalue weighted by Gasteiger charge is -2.15. The molecule has 0 bridgehead atoms. The molecule has 5 N–H and O–H groups in total. The third-order valence-electron chi connectivity index (χ3n) is 5.61. The first-order chi connectivity index (χ1) is 16.6. The number of nitrogens with one attached hydrogen (secondary N) is 3. The minimum absolute atomic E-state index is 0.0357. The number of nitrogens with two attached hydrogens (primary N) is 1. The number of hydrogen-bond acceptors (Lipinski definition) is 7. The van der Waals surface area contributed by atoms with Crippen LogP contribution in [0.1, 0.15) is 52.4 Å². The van der Waals surface area contributed by atoms with Crippen molar-refractivity contribution in [3.63, 3.8) is 0 Å². The molecule has 2 aromatic heterocycles. The number of benzene rings is 1. The molecule has 0 saturated carbocycles. The molecule has 1 aromatic carbocycles. The van der Waals surface area contributed by atoms with Crippen LogP contribution in [0.25, 0.3) is 11.3 Å². The van der Waals surface area contributed by atoms with Crippen molar-refractivity contribution in [3.05, 3.63) is 73.3 Å². The first-order valence-corrected chi connectivity index (χ1v) is 11.9. The Hall–Kier alpha value is -3.79. The Morgan fingerprint density at radius 2 is 2.06 bits per heavy atom. The molecule has 10 heteroatoms. The van der Waals surface area contributed by atoms with Crippen molar-refractivity contribution in [1.82, 2.24) is 9.55 Å². The van der Waals surface area contributed by atoms with Gasteiger partial charge in [-0.3, -0.25) is 9.59 Å². The molecule has 0 saturated heterocycles. The van der Waals surface area contributed by atoms with Crippen molar-refractivity contribution in [3.8, 4) is 11.3 Å². The summed E-state index contributed by atoms with van der Waals surface area (Å²) in [6, 6.07) is 4.68. The largest absolute Gasteiger partial charge is 0.403 e. The normalized spacial score (nSPS) is 11.6. The Morgan fingerprint density at radius 1 is 1.34 bits per heavy atom. The van der Waals surface area contributed by atoms with Crippen LogP contribution in [-0.2, 0) is 13.5 Å². The zero-order valence-electron chi connectivity index (χ0n) is 20.3. The molecule has 2 heterocycles. The number of aryl methyl sites for hydroxylation is 2. The Kier molecular flexibility index (Phi) is 7.85. The molecule has 0 fully saturated rings. The van der Waals surface area contributed by atoms with Gasteiger partial charge in [-0.1, -0.05) is 20.8 Å². The lowest BCUT2D eigenvalue weighted by molar-refractivity contribution is 0.103. The Bertz CT molecular complexity index is 1370. The number of carbonyl (C=O) groups is 1. The second-order valence-electron chi connectivity index (χ2n) is 8.33. The van der Waals surface area contributed by atoms with E-state index in [1.807, 2.05) is 13.0 Å². The van der Waals surface area contributed by atoms with Crippen LogP contribution in [0.5, 0.6) is 0 Å². The summed E-state index contributed by atoms with van der Waals surface area (Å²) in [6.07, 6.45) is 4.46. The highest BCUT2D eigenvalue weighted by Gasteiger charge is 2.20. The van der Waals surface area contributed by atoms with Gasteiger partial charge in [-0.15, -0.1) is 11.3 Å². The molecule has 0 atom stereocenters. The SMILES string of the molecule is CCc1sc(C(=O)Nc2c(F)ccc(-c3cn(C)c(=O)c(N/C(C=N)=C/N)n3)c2C)cc1C(C)C. The van der Waals surface area contributed by atoms with Crippen LogP contribution >= 0.6 is 11.3 Å².